The maximum Gasteiger partial charge on any atom is 0.0449 e. The van der Waals surface area contributed by atoms with E-state index in [0.717, 1.165) is 5.69 Å². The molecule has 1 unspecified atom stereocenters. The highest BCUT2D eigenvalue weighted by molar-refractivity contribution is 5.11. The lowest BCUT2D eigenvalue weighted by Gasteiger charge is -2.23. The molecule has 0 aliphatic carbocycles. The molecule has 1 atom stereocenters. The highest BCUT2D eigenvalue weighted by Gasteiger charge is 2.19. The molecule has 0 saturated carbocycles. The second kappa shape index (κ2) is 5.76. The molecule has 0 bridgehead atoms. The van der Waals surface area contributed by atoms with Crippen molar-refractivity contribution in [3.63, 3.8) is 0 Å². The van der Waals surface area contributed by atoms with Crippen molar-refractivity contribution in [2.24, 2.45) is 11.7 Å². The fourth-order valence-corrected chi connectivity index (χ4v) is 2.01. The van der Waals surface area contributed by atoms with Gasteiger partial charge >= 0.3 is 0 Å². The van der Waals surface area contributed by atoms with Crippen molar-refractivity contribution in [2.45, 2.75) is 32.6 Å². The second-order valence-electron chi connectivity index (χ2n) is 3.67. The summed E-state index contributed by atoms with van der Waals surface area (Å²) in [5, 5.41) is 0. The van der Waals surface area contributed by atoms with E-state index in [9.17, 15) is 0 Å². The largest absolute Gasteiger partial charge is 0.330 e. The summed E-state index contributed by atoms with van der Waals surface area (Å²) in [7, 11) is 0. The summed E-state index contributed by atoms with van der Waals surface area (Å²) in [6.45, 7) is 5.14. The van der Waals surface area contributed by atoms with E-state index in [2.05, 4.69) is 24.9 Å². The van der Waals surface area contributed by atoms with Crippen LogP contribution < -0.4 is 5.73 Å². The van der Waals surface area contributed by atoms with Gasteiger partial charge in [-0.2, -0.15) is 0 Å². The van der Waals surface area contributed by atoms with Crippen LogP contribution in [0.1, 0.15) is 38.3 Å². The van der Waals surface area contributed by atoms with Crippen LogP contribution in [0.5, 0.6) is 0 Å². The molecule has 0 spiro atoms. The van der Waals surface area contributed by atoms with Crippen LogP contribution in [0.2, 0.25) is 0 Å². The molecular formula is C12H20N2. The molecule has 0 fully saturated rings. The molecule has 0 aliphatic heterocycles. The van der Waals surface area contributed by atoms with Gasteiger partial charge in [0.05, 0.1) is 0 Å². The van der Waals surface area contributed by atoms with Crippen molar-refractivity contribution >= 4 is 0 Å². The summed E-state index contributed by atoms with van der Waals surface area (Å²) in [5.74, 6) is 1.08. The molecule has 2 heteroatoms. The summed E-state index contributed by atoms with van der Waals surface area (Å²) in [6.07, 6.45) is 4.20. The Balaban J connectivity index is 2.81. The molecule has 14 heavy (non-hydrogen) atoms. The van der Waals surface area contributed by atoms with Gasteiger partial charge < -0.3 is 5.73 Å². The van der Waals surface area contributed by atoms with Gasteiger partial charge in [-0.05, 0) is 18.1 Å². The topological polar surface area (TPSA) is 38.9 Å². The van der Waals surface area contributed by atoms with Crippen molar-refractivity contribution < 1.29 is 0 Å². The first-order valence-corrected chi connectivity index (χ1v) is 5.44. The van der Waals surface area contributed by atoms with E-state index in [1.807, 2.05) is 18.3 Å². The van der Waals surface area contributed by atoms with Gasteiger partial charge in [0.1, 0.15) is 0 Å². The average Bonchev–Trinajstić information content (AvgIpc) is 2.27. The van der Waals surface area contributed by atoms with Crippen LogP contribution in [0.15, 0.2) is 24.4 Å². The van der Waals surface area contributed by atoms with E-state index >= 15 is 0 Å². The number of nitrogens with two attached hydrogens (primary N) is 1. The molecule has 0 aliphatic rings. The van der Waals surface area contributed by atoms with Crippen molar-refractivity contribution in [2.75, 3.05) is 6.54 Å². The lowest BCUT2D eigenvalue weighted by molar-refractivity contribution is 0.396. The fraction of sp³-hybridized carbons (Fsp3) is 0.583. The van der Waals surface area contributed by atoms with Crippen LogP contribution in [0, 0.1) is 5.92 Å². The summed E-state index contributed by atoms with van der Waals surface area (Å²) in [6, 6.07) is 6.06. The molecule has 0 aromatic carbocycles. The van der Waals surface area contributed by atoms with Gasteiger partial charge in [0, 0.05) is 24.4 Å². The average molecular weight is 192 g/mol. The van der Waals surface area contributed by atoms with E-state index in [0.29, 0.717) is 18.4 Å². The first kappa shape index (κ1) is 11.2. The van der Waals surface area contributed by atoms with E-state index < -0.39 is 0 Å². The van der Waals surface area contributed by atoms with Crippen LogP contribution in [0.3, 0.4) is 0 Å². The number of hydrogen-bond acceptors (Lipinski definition) is 2. The summed E-state index contributed by atoms with van der Waals surface area (Å²) < 4.78 is 0. The number of aromatic nitrogens is 1. The van der Waals surface area contributed by atoms with Crippen LogP contribution in [0.4, 0.5) is 0 Å². The van der Waals surface area contributed by atoms with Crippen LogP contribution >= 0.6 is 0 Å². The SMILES string of the molecule is CCC(CC)C(CN)c1ccccn1. The first-order valence-electron chi connectivity index (χ1n) is 5.44. The third-order valence-electron chi connectivity index (χ3n) is 2.94. The fourth-order valence-electron chi connectivity index (χ4n) is 2.01. The number of pyridine rings is 1. The zero-order valence-corrected chi connectivity index (χ0v) is 9.11. The van der Waals surface area contributed by atoms with Gasteiger partial charge in [-0.3, -0.25) is 4.98 Å². The molecule has 2 N–H and O–H groups in total. The molecule has 78 valence electrons. The Morgan fingerprint density at radius 3 is 2.43 bits per heavy atom. The lowest BCUT2D eigenvalue weighted by atomic mass is 9.85. The quantitative estimate of drug-likeness (QED) is 0.778. The van der Waals surface area contributed by atoms with Gasteiger partial charge in [-0.1, -0.05) is 32.8 Å². The number of rotatable bonds is 5. The van der Waals surface area contributed by atoms with E-state index in [1.165, 1.54) is 12.8 Å². The molecule has 0 saturated heterocycles. The van der Waals surface area contributed by atoms with Crippen LogP contribution in [0.25, 0.3) is 0 Å². The molecule has 1 aromatic heterocycles. The normalized spacial score (nSPS) is 13.1. The maximum absolute atomic E-state index is 5.82. The molecule has 2 nitrogen and oxygen atoms in total. The molecule has 1 rings (SSSR count). The maximum atomic E-state index is 5.82. The molecular weight excluding hydrogens is 172 g/mol. The Morgan fingerprint density at radius 2 is 2.00 bits per heavy atom. The standard InChI is InChI=1S/C12H20N2/c1-3-10(4-2)11(9-13)12-7-5-6-8-14-12/h5-8,10-11H,3-4,9,13H2,1-2H3. The van der Waals surface area contributed by atoms with E-state index in [-0.39, 0.29) is 0 Å². The van der Waals surface area contributed by atoms with Crippen molar-refractivity contribution in [1.29, 1.82) is 0 Å². The van der Waals surface area contributed by atoms with E-state index in [1.54, 1.807) is 0 Å². The first-order chi connectivity index (χ1) is 6.83. The van der Waals surface area contributed by atoms with Crippen molar-refractivity contribution in [3.8, 4) is 0 Å². The Hall–Kier alpha value is -0.890. The monoisotopic (exact) mass is 192 g/mol. The van der Waals surface area contributed by atoms with Gasteiger partial charge in [0.2, 0.25) is 0 Å². The van der Waals surface area contributed by atoms with Crippen molar-refractivity contribution in [1.82, 2.24) is 4.98 Å². The van der Waals surface area contributed by atoms with Crippen LogP contribution in [-0.4, -0.2) is 11.5 Å². The third kappa shape index (κ3) is 2.55. The molecule has 0 radical (unpaired) electrons. The number of hydrogen-bond donors (Lipinski definition) is 1. The van der Waals surface area contributed by atoms with Gasteiger partial charge in [0.25, 0.3) is 0 Å². The van der Waals surface area contributed by atoms with Gasteiger partial charge in [-0.15, -0.1) is 0 Å². The minimum absolute atomic E-state index is 0.422. The summed E-state index contributed by atoms with van der Waals surface area (Å²) in [5.41, 5.74) is 6.96. The zero-order chi connectivity index (χ0) is 10.4. The highest BCUT2D eigenvalue weighted by atomic mass is 14.7. The zero-order valence-electron chi connectivity index (χ0n) is 9.11. The van der Waals surface area contributed by atoms with Crippen molar-refractivity contribution in [3.05, 3.63) is 30.1 Å². The minimum Gasteiger partial charge on any atom is -0.330 e. The van der Waals surface area contributed by atoms with Gasteiger partial charge in [-0.25, -0.2) is 0 Å². The molecule has 1 heterocycles. The Morgan fingerprint density at radius 1 is 1.29 bits per heavy atom. The van der Waals surface area contributed by atoms with E-state index in [4.69, 9.17) is 5.73 Å². The predicted octanol–water partition coefficient (Wildman–Crippen LogP) is 2.56. The molecule has 0 amide bonds. The lowest BCUT2D eigenvalue weighted by Crippen LogP contribution is -2.21. The Kier molecular flexibility index (Phi) is 4.60. The number of nitrogens with zero attached hydrogens (tertiary/aromatic N) is 1. The predicted molar refractivity (Wildman–Crippen MR) is 60.1 cm³/mol. The highest BCUT2D eigenvalue weighted by Crippen LogP contribution is 2.26. The van der Waals surface area contributed by atoms with Crippen LogP contribution in [-0.2, 0) is 0 Å². The minimum atomic E-state index is 0.422. The smallest absolute Gasteiger partial charge is 0.0449 e. The summed E-state index contributed by atoms with van der Waals surface area (Å²) in [4.78, 5) is 4.39. The Labute approximate surface area is 86.5 Å². The Bertz CT molecular complexity index is 242. The van der Waals surface area contributed by atoms with Gasteiger partial charge in [0.15, 0.2) is 0 Å². The second-order valence-corrected chi connectivity index (χ2v) is 3.67. The summed E-state index contributed by atoms with van der Waals surface area (Å²) >= 11 is 0. The molecule has 1 aromatic rings. The third-order valence-corrected chi connectivity index (χ3v) is 2.94.